The molecule has 1 aliphatic heterocycles. The third-order valence-corrected chi connectivity index (χ3v) is 4.20. The third-order valence-electron chi connectivity index (χ3n) is 2.67. The van der Waals surface area contributed by atoms with Crippen molar-refractivity contribution in [3.63, 3.8) is 0 Å². The average molecular weight is 192 g/mol. The largest absolute Gasteiger partial charge is 0.396 e. The van der Waals surface area contributed by atoms with E-state index in [1.807, 2.05) is 0 Å². The van der Waals surface area contributed by atoms with E-state index < -0.39 is 18.3 Å². The molecule has 4 nitrogen and oxygen atoms in total. The van der Waals surface area contributed by atoms with Crippen LogP contribution < -0.4 is 0 Å². The molecule has 1 aliphatic carbocycles. The van der Waals surface area contributed by atoms with Crippen molar-refractivity contribution in [3.05, 3.63) is 0 Å². The first-order chi connectivity index (χ1) is 5.66. The molecule has 4 N–H and O–H groups in total. The number of hydrogen-bond donors (Lipinski definition) is 4. The number of aliphatic hydroxyl groups is 4. The van der Waals surface area contributed by atoms with Gasteiger partial charge in [0.2, 0.25) is 0 Å². The molecule has 0 amide bonds. The Labute approximate surface area is 74.2 Å². The van der Waals surface area contributed by atoms with Gasteiger partial charge in [0.25, 0.3) is 0 Å². The third kappa shape index (κ3) is 1.08. The molecule has 2 aliphatic rings. The van der Waals surface area contributed by atoms with Crippen molar-refractivity contribution in [1.82, 2.24) is 0 Å². The van der Waals surface area contributed by atoms with Crippen molar-refractivity contribution in [2.24, 2.45) is 5.92 Å². The topological polar surface area (TPSA) is 80.9 Å². The van der Waals surface area contributed by atoms with Crippen molar-refractivity contribution in [2.75, 3.05) is 6.61 Å². The molecule has 0 aromatic heterocycles. The second kappa shape index (κ2) is 2.85. The normalized spacial score (nSPS) is 58.0. The zero-order chi connectivity index (χ0) is 8.88. The smallest absolute Gasteiger partial charge is 0.107 e. The molecule has 12 heavy (non-hydrogen) atoms. The summed E-state index contributed by atoms with van der Waals surface area (Å²) in [7, 11) is 0. The zero-order valence-electron chi connectivity index (χ0n) is 6.37. The Balaban J connectivity index is 2.11. The monoisotopic (exact) mass is 192 g/mol. The van der Waals surface area contributed by atoms with Gasteiger partial charge >= 0.3 is 0 Å². The minimum atomic E-state index is -1.10. The molecule has 1 saturated carbocycles. The molecule has 0 unspecified atom stereocenters. The van der Waals surface area contributed by atoms with Crippen molar-refractivity contribution in [2.45, 2.75) is 28.8 Å². The second-order valence-electron chi connectivity index (χ2n) is 3.38. The van der Waals surface area contributed by atoms with Gasteiger partial charge < -0.3 is 20.4 Å². The van der Waals surface area contributed by atoms with Crippen LogP contribution in [0.25, 0.3) is 0 Å². The summed E-state index contributed by atoms with van der Waals surface area (Å²) in [6.45, 7) is -0.126. The summed E-state index contributed by atoms with van der Waals surface area (Å²) in [6, 6.07) is 0. The summed E-state index contributed by atoms with van der Waals surface area (Å²) >= 11 is 1.52. The molecule has 2 fully saturated rings. The Morgan fingerprint density at radius 2 is 1.58 bits per heavy atom. The summed E-state index contributed by atoms with van der Waals surface area (Å²) in [6.07, 6.45) is -2.92. The van der Waals surface area contributed by atoms with Crippen LogP contribution in [0, 0.1) is 5.92 Å². The molecule has 0 aromatic rings. The second-order valence-corrected chi connectivity index (χ2v) is 4.74. The maximum absolute atomic E-state index is 9.42. The van der Waals surface area contributed by atoms with Gasteiger partial charge in [0.15, 0.2) is 0 Å². The van der Waals surface area contributed by atoms with Crippen molar-refractivity contribution in [3.8, 4) is 0 Å². The van der Waals surface area contributed by atoms with E-state index in [4.69, 9.17) is 5.11 Å². The van der Waals surface area contributed by atoms with E-state index in [9.17, 15) is 15.3 Å². The standard InChI is InChI=1S/C7H12O4S/c8-1-2-3(9)4(10)5(11)7-6(2)12-7/h2-11H,1H2/t2-,3-,4+,5-,6-,7+/m1/s1. The predicted molar refractivity (Wildman–Crippen MR) is 43.8 cm³/mol. The molecule has 1 heterocycles. The van der Waals surface area contributed by atoms with Crippen LogP contribution in [0.5, 0.6) is 0 Å². The van der Waals surface area contributed by atoms with Crippen LogP contribution in [-0.2, 0) is 0 Å². The molecule has 70 valence electrons. The fourth-order valence-electron chi connectivity index (χ4n) is 1.81. The van der Waals surface area contributed by atoms with Gasteiger partial charge in [0.05, 0.1) is 12.2 Å². The first kappa shape index (κ1) is 8.77. The van der Waals surface area contributed by atoms with E-state index in [2.05, 4.69) is 0 Å². The van der Waals surface area contributed by atoms with Gasteiger partial charge in [-0.05, 0) is 0 Å². The first-order valence-electron chi connectivity index (χ1n) is 3.97. The molecular weight excluding hydrogens is 180 g/mol. The van der Waals surface area contributed by atoms with E-state index in [1.54, 1.807) is 0 Å². The highest BCUT2D eigenvalue weighted by molar-refractivity contribution is 8.07. The van der Waals surface area contributed by atoms with Crippen LogP contribution in [-0.4, -0.2) is 55.8 Å². The van der Waals surface area contributed by atoms with Gasteiger partial charge in [0, 0.05) is 23.0 Å². The summed E-state index contributed by atoms with van der Waals surface area (Å²) in [5.74, 6) is -0.279. The molecule has 6 atom stereocenters. The Kier molecular flexibility index (Phi) is 2.08. The van der Waals surface area contributed by atoms with Gasteiger partial charge in [-0.2, -0.15) is 0 Å². The fourth-order valence-corrected chi connectivity index (χ4v) is 3.22. The molecule has 0 aromatic carbocycles. The quantitative estimate of drug-likeness (QED) is 0.368. The molecule has 1 saturated heterocycles. The number of fused-ring (bicyclic) bond motifs is 1. The Hall–Kier alpha value is 0.190. The summed E-state index contributed by atoms with van der Waals surface area (Å²) in [5, 5.41) is 37.1. The van der Waals surface area contributed by atoms with E-state index in [0.29, 0.717) is 0 Å². The maximum atomic E-state index is 9.42. The number of aliphatic hydroxyl groups excluding tert-OH is 4. The van der Waals surface area contributed by atoms with Gasteiger partial charge in [-0.15, -0.1) is 11.8 Å². The van der Waals surface area contributed by atoms with Crippen molar-refractivity contribution in [1.29, 1.82) is 0 Å². The fraction of sp³-hybridized carbons (Fsp3) is 1.00. The zero-order valence-corrected chi connectivity index (χ0v) is 7.18. The molecule has 2 rings (SSSR count). The lowest BCUT2D eigenvalue weighted by Crippen LogP contribution is -2.52. The van der Waals surface area contributed by atoms with Gasteiger partial charge in [-0.1, -0.05) is 0 Å². The van der Waals surface area contributed by atoms with Crippen molar-refractivity contribution >= 4 is 11.8 Å². The Bertz CT molecular complexity index is 188. The van der Waals surface area contributed by atoms with E-state index in [0.717, 1.165) is 0 Å². The van der Waals surface area contributed by atoms with E-state index in [-0.39, 0.29) is 23.0 Å². The van der Waals surface area contributed by atoms with Gasteiger partial charge in [0.1, 0.15) is 6.10 Å². The minimum Gasteiger partial charge on any atom is -0.396 e. The maximum Gasteiger partial charge on any atom is 0.107 e. The van der Waals surface area contributed by atoms with Crippen LogP contribution in [0.15, 0.2) is 0 Å². The number of thioether (sulfide) groups is 1. The van der Waals surface area contributed by atoms with Gasteiger partial charge in [-0.3, -0.25) is 0 Å². The van der Waals surface area contributed by atoms with Crippen LogP contribution in [0.2, 0.25) is 0 Å². The van der Waals surface area contributed by atoms with E-state index >= 15 is 0 Å². The summed E-state index contributed by atoms with van der Waals surface area (Å²) in [4.78, 5) is 0. The first-order valence-corrected chi connectivity index (χ1v) is 4.91. The van der Waals surface area contributed by atoms with E-state index in [1.165, 1.54) is 11.8 Å². The van der Waals surface area contributed by atoms with Crippen LogP contribution in [0.1, 0.15) is 0 Å². The highest BCUT2D eigenvalue weighted by Crippen LogP contribution is 2.53. The Morgan fingerprint density at radius 3 is 2.17 bits per heavy atom. The van der Waals surface area contributed by atoms with Crippen LogP contribution >= 0.6 is 11.8 Å². The minimum absolute atomic E-state index is 0.0144. The average Bonchev–Trinajstić information content (AvgIpc) is 2.81. The van der Waals surface area contributed by atoms with Crippen LogP contribution in [0.3, 0.4) is 0 Å². The lowest BCUT2D eigenvalue weighted by Gasteiger charge is -2.32. The Morgan fingerprint density at radius 1 is 0.917 bits per heavy atom. The number of hydrogen-bond acceptors (Lipinski definition) is 5. The SMILES string of the molecule is OC[C@@H]1[C@@H](O)[C@H](O)[C@@H](O)[C@@H]2S[C@H]12. The lowest BCUT2D eigenvalue weighted by molar-refractivity contribution is -0.105. The summed E-state index contributed by atoms with van der Waals surface area (Å²) < 4.78 is 0. The highest BCUT2D eigenvalue weighted by atomic mass is 32.2. The molecular formula is C7H12O4S. The molecule has 5 heteroatoms. The van der Waals surface area contributed by atoms with Gasteiger partial charge in [-0.25, -0.2) is 0 Å². The molecule has 0 radical (unpaired) electrons. The molecule has 0 spiro atoms. The highest BCUT2D eigenvalue weighted by Gasteiger charge is 2.58. The number of rotatable bonds is 1. The predicted octanol–water partition coefficient (Wildman–Crippen LogP) is -1.82. The lowest BCUT2D eigenvalue weighted by atomic mass is 9.83. The van der Waals surface area contributed by atoms with Crippen molar-refractivity contribution < 1.29 is 20.4 Å². The van der Waals surface area contributed by atoms with Crippen LogP contribution in [0.4, 0.5) is 0 Å². The summed E-state index contributed by atoms with van der Waals surface area (Å²) in [5.41, 5.74) is 0. The molecule has 0 bridgehead atoms.